The van der Waals surface area contributed by atoms with Crippen LogP contribution in [0.1, 0.15) is 51.3 Å². The number of hydrogen-bond donors (Lipinski definition) is 2. The van der Waals surface area contributed by atoms with E-state index in [1.165, 1.54) is 5.56 Å². The van der Waals surface area contributed by atoms with Crippen LogP contribution in [0.2, 0.25) is 0 Å². The standard InChI is InChI=1S/C16H27NO2/c1-6-19-15-8-7-12(16(2,3)4)11-13(15)14(17-5)9-10-18/h7-8,11,14,17-18H,6,9-10H2,1-5H3. The third kappa shape index (κ3) is 4.22. The number of benzene rings is 1. The van der Waals surface area contributed by atoms with Gasteiger partial charge in [0.05, 0.1) is 6.61 Å². The summed E-state index contributed by atoms with van der Waals surface area (Å²) in [5, 5.41) is 12.5. The maximum absolute atomic E-state index is 9.20. The molecule has 1 rings (SSSR count). The molecule has 0 aliphatic rings. The molecule has 0 aliphatic heterocycles. The van der Waals surface area contributed by atoms with E-state index >= 15 is 0 Å². The van der Waals surface area contributed by atoms with Crippen molar-refractivity contribution >= 4 is 0 Å². The highest BCUT2D eigenvalue weighted by atomic mass is 16.5. The Kier molecular flexibility index (Phi) is 5.83. The van der Waals surface area contributed by atoms with Gasteiger partial charge in [-0.1, -0.05) is 26.8 Å². The minimum Gasteiger partial charge on any atom is -0.494 e. The number of aliphatic hydroxyl groups excluding tert-OH is 1. The molecule has 0 amide bonds. The van der Waals surface area contributed by atoms with E-state index in [1.807, 2.05) is 20.0 Å². The quantitative estimate of drug-likeness (QED) is 0.830. The van der Waals surface area contributed by atoms with Crippen LogP contribution in [0.5, 0.6) is 5.75 Å². The van der Waals surface area contributed by atoms with Crippen molar-refractivity contribution in [3.05, 3.63) is 29.3 Å². The SMILES string of the molecule is CCOc1ccc(C(C)(C)C)cc1C(CCO)NC. The van der Waals surface area contributed by atoms with Crippen molar-refractivity contribution in [3.8, 4) is 5.75 Å². The molecule has 0 aromatic heterocycles. The van der Waals surface area contributed by atoms with Crippen molar-refractivity contribution in [2.75, 3.05) is 20.3 Å². The summed E-state index contributed by atoms with van der Waals surface area (Å²) in [6.07, 6.45) is 0.685. The number of ether oxygens (including phenoxy) is 1. The normalized spacial score (nSPS) is 13.4. The summed E-state index contributed by atoms with van der Waals surface area (Å²) in [6.45, 7) is 9.41. The fourth-order valence-electron chi connectivity index (χ4n) is 2.16. The molecule has 3 heteroatoms. The fraction of sp³-hybridized carbons (Fsp3) is 0.625. The van der Waals surface area contributed by atoms with Gasteiger partial charge in [0, 0.05) is 18.2 Å². The van der Waals surface area contributed by atoms with Crippen LogP contribution in [-0.4, -0.2) is 25.4 Å². The average molecular weight is 265 g/mol. The Bertz CT molecular complexity index is 396. The zero-order valence-corrected chi connectivity index (χ0v) is 12.8. The molecule has 0 saturated carbocycles. The minimum atomic E-state index is 0.108. The first kappa shape index (κ1) is 16.0. The molecule has 0 spiro atoms. The van der Waals surface area contributed by atoms with Gasteiger partial charge >= 0.3 is 0 Å². The van der Waals surface area contributed by atoms with Crippen molar-refractivity contribution in [2.24, 2.45) is 0 Å². The molecule has 0 saturated heterocycles. The number of aliphatic hydroxyl groups is 1. The molecule has 108 valence electrons. The highest BCUT2D eigenvalue weighted by Crippen LogP contribution is 2.32. The third-order valence-electron chi connectivity index (χ3n) is 3.32. The maximum Gasteiger partial charge on any atom is 0.124 e. The number of rotatable bonds is 6. The molecule has 2 N–H and O–H groups in total. The first-order valence-corrected chi connectivity index (χ1v) is 6.99. The number of nitrogens with one attached hydrogen (secondary N) is 1. The van der Waals surface area contributed by atoms with Crippen molar-refractivity contribution in [1.82, 2.24) is 5.32 Å². The van der Waals surface area contributed by atoms with Gasteiger partial charge in [-0.05, 0) is 43.5 Å². The first-order valence-electron chi connectivity index (χ1n) is 6.99. The summed E-state index contributed by atoms with van der Waals surface area (Å²) >= 11 is 0. The summed E-state index contributed by atoms with van der Waals surface area (Å²) in [5.41, 5.74) is 2.52. The second-order valence-electron chi connectivity index (χ2n) is 5.79. The van der Waals surface area contributed by atoms with Crippen molar-refractivity contribution < 1.29 is 9.84 Å². The van der Waals surface area contributed by atoms with E-state index in [-0.39, 0.29) is 18.1 Å². The zero-order chi connectivity index (χ0) is 14.5. The van der Waals surface area contributed by atoms with E-state index in [9.17, 15) is 5.11 Å². The monoisotopic (exact) mass is 265 g/mol. The Labute approximate surface area is 117 Å². The largest absolute Gasteiger partial charge is 0.494 e. The molecular weight excluding hydrogens is 238 g/mol. The second kappa shape index (κ2) is 6.92. The summed E-state index contributed by atoms with van der Waals surface area (Å²) in [5.74, 6) is 0.906. The molecule has 0 heterocycles. The van der Waals surface area contributed by atoms with Gasteiger partial charge in [-0.2, -0.15) is 0 Å². The lowest BCUT2D eigenvalue weighted by molar-refractivity contribution is 0.265. The van der Waals surface area contributed by atoms with Gasteiger partial charge in [0.25, 0.3) is 0 Å². The molecular formula is C16H27NO2. The van der Waals surface area contributed by atoms with E-state index in [4.69, 9.17) is 4.74 Å². The molecule has 19 heavy (non-hydrogen) atoms. The summed E-state index contributed by atoms with van der Waals surface area (Å²) in [7, 11) is 1.92. The predicted molar refractivity (Wildman–Crippen MR) is 79.8 cm³/mol. The predicted octanol–water partition coefficient (Wildman–Crippen LogP) is 3.03. The Balaban J connectivity index is 3.21. The molecule has 0 radical (unpaired) electrons. The van der Waals surface area contributed by atoms with Gasteiger partial charge in [0.2, 0.25) is 0 Å². The smallest absolute Gasteiger partial charge is 0.124 e. The van der Waals surface area contributed by atoms with Crippen LogP contribution >= 0.6 is 0 Å². The number of hydrogen-bond acceptors (Lipinski definition) is 3. The Morgan fingerprint density at radius 2 is 2.00 bits per heavy atom. The van der Waals surface area contributed by atoms with Crippen LogP contribution in [0.4, 0.5) is 0 Å². The van der Waals surface area contributed by atoms with Crippen molar-refractivity contribution in [2.45, 2.75) is 45.6 Å². The first-order chi connectivity index (χ1) is 8.93. The van der Waals surface area contributed by atoms with Gasteiger partial charge in [-0.15, -0.1) is 0 Å². The molecule has 0 aliphatic carbocycles. The van der Waals surface area contributed by atoms with E-state index < -0.39 is 0 Å². The summed E-state index contributed by atoms with van der Waals surface area (Å²) in [6, 6.07) is 6.48. The van der Waals surface area contributed by atoms with Gasteiger partial charge in [0.1, 0.15) is 5.75 Å². The van der Waals surface area contributed by atoms with Gasteiger partial charge in [0.15, 0.2) is 0 Å². The van der Waals surface area contributed by atoms with Crippen LogP contribution in [-0.2, 0) is 5.41 Å². The molecule has 3 nitrogen and oxygen atoms in total. The molecule has 1 unspecified atom stereocenters. The van der Waals surface area contributed by atoms with Crippen LogP contribution in [0.15, 0.2) is 18.2 Å². The van der Waals surface area contributed by atoms with Gasteiger partial charge in [-0.25, -0.2) is 0 Å². The highest BCUT2D eigenvalue weighted by Gasteiger charge is 2.19. The second-order valence-corrected chi connectivity index (χ2v) is 5.79. The highest BCUT2D eigenvalue weighted by molar-refractivity contribution is 5.41. The molecule has 1 atom stereocenters. The minimum absolute atomic E-state index is 0.108. The summed E-state index contributed by atoms with van der Waals surface area (Å²) < 4.78 is 5.71. The molecule has 1 aromatic rings. The van der Waals surface area contributed by atoms with Crippen LogP contribution in [0, 0.1) is 0 Å². The lowest BCUT2D eigenvalue weighted by Crippen LogP contribution is -2.20. The molecule has 1 aromatic carbocycles. The molecule has 0 fully saturated rings. The Morgan fingerprint density at radius 1 is 1.32 bits per heavy atom. The lowest BCUT2D eigenvalue weighted by Gasteiger charge is -2.24. The maximum atomic E-state index is 9.20. The van der Waals surface area contributed by atoms with Crippen LogP contribution in [0.3, 0.4) is 0 Å². The van der Waals surface area contributed by atoms with E-state index in [2.05, 4.69) is 38.2 Å². The fourth-order valence-corrected chi connectivity index (χ4v) is 2.16. The van der Waals surface area contributed by atoms with E-state index in [1.54, 1.807) is 0 Å². The van der Waals surface area contributed by atoms with Crippen LogP contribution in [0.25, 0.3) is 0 Å². The molecule has 0 bridgehead atoms. The Hall–Kier alpha value is -1.06. The van der Waals surface area contributed by atoms with E-state index in [0.29, 0.717) is 13.0 Å². The zero-order valence-electron chi connectivity index (χ0n) is 12.8. The van der Waals surface area contributed by atoms with E-state index in [0.717, 1.165) is 11.3 Å². The third-order valence-corrected chi connectivity index (χ3v) is 3.32. The van der Waals surface area contributed by atoms with Crippen molar-refractivity contribution in [3.63, 3.8) is 0 Å². The Morgan fingerprint density at radius 3 is 2.47 bits per heavy atom. The van der Waals surface area contributed by atoms with Gasteiger partial charge < -0.3 is 15.2 Å². The van der Waals surface area contributed by atoms with Crippen LogP contribution < -0.4 is 10.1 Å². The topological polar surface area (TPSA) is 41.5 Å². The van der Waals surface area contributed by atoms with Gasteiger partial charge in [-0.3, -0.25) is 0 Å². The lowest BCUT2D eigenvalue weighted by atomic mass is 9.85. The summed E-state index contributed by atoms with van der Waals surface area (Å²) in [4.78, 5) is 0. The average Bonchev–Trinajstić information content (AvgIpc) is 2.36. The van der Waals surface area contributed by atoms with Crippen molar-refractivity contribution in [1.29, 1.82) is 0 Å².